The van der Waals surface area contributed by atoms with Gasteiger partial charge in [0.25, 0.3) is 0 Å². The van der Waals surface area contributed by atoms with Crippen LogP contribution in [-0.4, -0.2) is 37.2 Å². The Labute approximate surface area is 196 Å². The number of aliphatic hydroxyl groups excluding tert-OH is 1. The third kappa shape index (κ3) is 4.89. The Bertz CT molecular complexity index is 672. The summed E-state index contributed by atoms with van der Waals surface area (Å²) in [7, 11) is 1.61. The Hall–Kier alpha value is -1.07. The summed E-state index contributed by atoms with van der Waals surface area (Å²) in [6.45, 7) is 10.2. The van der Waals surface area contributed by atoms with E-state index in [1.165, 1.54) is 44.2 Å². The summed E-state index contributed by atoms with van der Waals surface area (Å²) in [4.78, 5) is 5.48. The minimum Gasteiger partial charge on any atom is -0.500 e. The van der Waals surface area contributed by atoms with E-state index in [4.69, 9.17) is 15.3 Å². The molecule has 4 aliphatic carbocycles. The number of rotatable bonds is 5. The summed E-state index contributed by atoms with van der Waals surface area (Å²) in [6.07, 6.45) is 14.0. The van der Waals surface area contributed by atoms with E-state index in [-0.39, 0.29) is 11.5 Å². The Morgan fingerprint density at radius 2 is 1.88 bits per heavy atom. The molecule has 7 atom stereocenters. The monoisotopic (exact) mass is 448 g/mol. The topological polar surface area (TPSA) is 77.1 Å². The second-order valence-electron chi connectivity index (χ2n) is 11.2. The van der Waals surface area contributed by atoms with Crippen LogP contribution in [0.5, 0.6) is 0 Å². The number of nitrogens with two attached hydrogens (primary N) is 1. The molecule has 0 bridgehead atoms. The van der Waals surface area contributed by atoms with Crippen LogP contribution >= 0.6 is 0 Å². The van der Waals surface area contributed by atoms with Crippen LogP contribution in [0.2, 0.25) is 0 Å². The summed E-state index contributed by atoms with van der Waals surface area (Å²) in [5, 5.41) is 15.0. The first-order valence-electron chi connectivity index (χ1n) is 13.1. The van der Waals surface area contributed by atoms with E-state index >= 15 is 0 Å². The number of methoxy groups -OCH3 is 1. The highest BCUT2D eigenvalue weighted by Gasteiger charge is 2.59. The van der Waals surface area contributed by atoms with Crippen molar-refractivity contribution in [2.24, 2.45) is 45.4 Å². The fourth-order valence-corrected chi connectivity index (χ4v) is 7.66. The number of fused-ring (bicyclic) bond motifs is 5. The number of oxime groups is 1. The third-order valence-electron chi connectivity index (χ3n) is 9.72. The van der Waals surface area contributed by atoms with Gasteiger partial charge in [-0.05, 0) is 112 Å². The van der Waals surface area contributed by atoms with Crippen LogP contribution in [0.1, 0.15) is 91.9 Å². The predicted molar refractivity (Wildman–Crippen MR) is 131 cm³/mol. The number of nitrogens with zero attached hydrogens (tertiary/aromatic N) is 1. The van der Waals surface area contributed by atoms with E-state index < -0.39 is 0 Å². The Morgan fingerprint density at radius 3 is 2.50 bits per heavy atom. The van der Waals surface area contributed by atoms with Gasteiger partial charge in [0, 0.05) is 0 Å². The van der Waals surface area contributed by atoms with Crippen molar-refractivity contribution in [3.63, 3.8) is 0 Å². The van der Waals surface area contributed by atoms with Gasteiger partial charge in [-0.1, -0.05) is 25.9 Å². The van der Waals surface area contributed by atoms with Crippen LogP contribution in [-0.2, 0) is 9.57 Å². The van der Waals surface area contributed by atoms with Gasteiger partial charge in [-0.2, -0.15) is 0 Å². The number of aliphatic hydroxyl groups is 1. The second kappa shape index (κ2) is 10.9. The second-order valence-corrected chi connectivity index (χ2v) is 11.2. The molecular weight excluding hydrogens is 400 g/mol. The Kier molecular flexibility index (Phi) is 8.71. The molecule has 5 unspecified atom stereocenters. The average Bonchev–Trinajstić information content (AvgIpc) is 3.10. The van der Waals surface area contributed by atoms with Gasteiger partial charge in [-0.15, -0.1) is 0 Å². The molecule has 5 heteroatoms. The Morgan fingerprint density at radius 1 is 1.12 bits per heavy atom. The zero-order chi connectivity index (χ0) is 23.4. The van der Waals surface area contributed by atoms with E-state index in [0.717, 1.165) is 61.7 Å². The minimum atomic E-state index is -0.0511. The lowest BCUT2D eigenvalue weighted by Gasteiger charge is -2.60. The predicted octanol–water partition coefficient (Wildman–Crippen LogP) is 5.67. The number of allylic oxidation sites excluding steroid dienone is 1. The van der Waals surface area contributed by atoms with E-state index in [0.29, 0.717) is 12.0 Å². The highest BCUT2D eigenvalue weighted by atomic mass is 16.6. The fraction of sp³-hybridized carbons (Fsp3) is 0.889. The molecule has 3 N–H and O–H groups in total. The van der Waals surface area contributed by atoms with Gasteiger partial charge < -0.3 is 20.4 Å². The van der Waals surface area contributed by atoms with Crippen LogP contribution in [0, 0.1) is 34.5 Å². The third-order valence-corrected chi connectivity index (χ3v) is 9.72. The zero-order valence-corrected chi connectivity index (χ0v) is 21.2. The molecule has 0 saturated heterocycles. The lowest BCUT2D eigenvalue weighted by Crippen LogP contribution is -2.54. The maximum absolute atomic E-state index is 10.6. The van der Waals surface area contributed by atoms with Crippen molar-refractivity contribution in [2.75, 3.05) is 20.3 Å². The van der Waals surface area contributed by atoms with E-state index in [1.54, 1.807) is 7.11 Å². The van der Waals surface area contributed by atoms with Gasteiger partial charge in [0.05, 0.1) is 25.5 Å². The molecule has 32 heavy (non-hydrogen) atoms. The number of hydrogen-bond acceptors (Lipinski definition) is 5. The Balaban J connectivity index is 0.000000360. The summed E-state index contributed by atoms with van der Waals surface area (Å²) < 4.78 is 4.78. The summed E-state index contributed by atoms with van der Waals surface area (Å²) in [5.41, 5.74) is 7.21. The molecule has 4 fully saturated rings. The summed E-state index contributed by atoms with van der Waals surface area (Å²) >= 11 is 0. The molecule has 4 rings (SSSR count). The molecule has 184 valence electrons. The van der Waals surface area contributed by atoms with Gasteiger partial charge in [-0.25, -0.2) is 0 Å². The number of ether oxygens (including phenoxy) is 1. The molecule has 0 aliphatic heterocycles. The SMILES string of the molecule is C/C=C(/CN)OC.CCCO/N=C1/CC[C@@]2(C)C(CCC3C2CC[C@]2(C)C(O)CCC32)C1. The molecule has 4 saturated carbocycles. The minimum absolute atomic E-state index is 0.0511. The molecule has 4 aliphatic rings. The van der Waals surface area contributed by atoms with Gasteiger partial charge >= 0.3 is 0 Å². The van der Waals surface area contributed by atoms with Crippen LogP contribution < -0.4 is 5.73 Å². The highest BCUT2D eigenvalue weighted by molar-refractivity contribution is 5.85. The smallest absolute Gasteiger partial charge is 0.116 e. The van der Waals surface area contributed by atoms with E-state index in [2.05, 4.69) is 25.9 Å². The fourth-order valence-electron chi connectivity index (χ4n) is 7.66. The lowest BCUT2D eigenvalue weighted by molar-refractivity contribution is -0.112. The largest absolute Gasteiger partial charge is 0.500 e. The normalized spacial score (nSPS) is 42.3. The van der Waals surface area contributed by atoms with Crippen LogP contribution in [0.3, 0.4) is 0 Å². The molecular formula is C27H48N2O3. The molecule has 0 spiro atoms. The van der Waals surface area contributed by atoms with Crippen molar-refractivity contribution < 1.29 is 14.7 Å². The van der Waals surface area contributed by atoms with E-state index in [9.17, 15) is 5.11 Å². The zero-order valence-electron chi connectivity index (χ0n) is 21.2. The average molecular weight is 449 g/mol. The van der Waals surface area contributed by atoms with Crippen LogP contribution in [0.15, 0.2) is 17.0 Å². The van der Waals surface area contributed by atoms with Crippen molar-refractivity contribution in [3.05, 3.63) is 11.8 Å². The van der Waals surface area contributed by atoms with Crippen molar-refractivity contribution in [2.45, 2.75) is 98.0 Å². The van der Waals surface area contributed by atoms with Crippen LogP contribution in [0.25, 0.3) is 0 Å². The molecule has 0 heterocycles. The first-order valence-corrected chi connectivity index (χ1v) is 13.1. The first kappa shape index (κ1) is 25.6. The van der Waals surface area contributed by atoms with E-state index in [1.807, 2.05) is 13.0 Å². The van der Waals surface area contributed by atoms with Crippen molar-refractivity contribution in [3.8, 4) is 0 Å². The maximum atomic E-state index is 10.6. The van der Waals surface area contributed by atoms with Gasteiger partial charge in [0.1, 0.15) is 12.4 Å². The highest BCUT2D eigenvalue weighted by Crippen LogP contribution is 2.65. The molecule has 0 aromatic carbocycles. The molecule has 0 aromatic heterocycles. The van der Waals surface area contributed by atoms with Crippen molar-refractivity contribution in [1.29, 1.82) is 0 Å². The summed E-state index contributed by atoms with van der Waals surface area (Å²) in [6, 6.07) is 0. The molecule has 0 radical (unpaired) electrons. The lowest BCUT2D eigenvalue weighted by atomic mass is 9.45. The number of hydrogen-bond donors (Lipinski definition) is 2. The molecule has 0 amide bonds. The van der Waals surface area contributed by atoms with Gasteiger partial charge in [-0.3, -0.25) is 0 Å². The van der Waals surface area contributed by atoms with Gasteiger partial charge in [0.15, 0.2) is 0 Å². The van der Waals surface area contributed by atoms with Crippen molar-refractivity contribution in [1.82, 2.24) is 0 Å². The molecule has 5 nitrogen and oxygen atoms in total. The van der Waals surface area contributed by atoms with Gasteiger partial charge in [0.2, 0.25) is 0 Å². The van der Waals surface area contributed by atoms with Crippen molar-refractivity contribution >= 4 is 5.71 Å². The summed E-state index contributed by atoms with van der Waals surface area (Å²) in [5.74, 6) is 4.11. The quantitative estimate of drug-likeness (QED) is 0.323. The molecule has 0 aromatic rings. The van der Waals surface area contributed by atoms with Crippen LogP contribution in [0.4, 0.5) is 0 Å². The first-order chi connectivity index (χ1) is 15.3. The maximum Gasteiger partial charge on any atom is 0.116 e. The standard InChI is InChI=1S/C22H37NO2.C5H11NO/c1-4-13-25-23-16-9-11-21(2)15(14-16)5-6-17-18-7-8-20(24)22(18,3)12-10-19(17)21;1-3-5(4-6)7-2/h15,17-20,24H,4-14H2,1-3H3;3H,4,6H2,1-2H3/b23-16-;5-3-/t15?,17?,18?,19?,20?,21-,22-;/m0./s1.